The number of aromatic carboxylic acids is 1. The highest BCUT2D eigenvalue weighted by molar-refractivity contribution is 6.02. The van der Waals surface area contributed by atoms with Crippen LogP contribution in [0.4, 0.5) is 5.69 Å². The van der Waals surface area contributed by atoms with E-state index in [1.807, 2.05) is 19.9 Å². The van der Waals surface area contributed by atoms with E-state index in [0.29, 0.717) is 11.6 Å². The van der Waals surface area contributed by atoms with E-state index in [2.05, 4.69) is 12.2 Å². The molecule has 1 saturated carbocycles. The third-order valence-electron chi connectivity index (χ3n) is 4.16. The predicted molar refractivity (Wildman–Crippen MR) is 78.0 cm³/mol. The summed E-state index contributed by atoms with van der Waals surface area (Å²) in [6.45, 7) is 5.76. The first-order valence-corrected chi connectivity index (χ1v) is 7.05. The van der Waals surface area contributed by atoms with E-state index < -0.39 is 5.97 Å². The van der Waals surface area contributed by atoms with Crippen LogP contribution in [0.25, 0.3) is 0 Å². The van der Waals surface area contributed by atoms with Gasteiger partial charge >= 0.3 is 5.97 Å². The van der Waals surface area contributed by atoms with Crippen molar-refractivity contribution in [3.63, 3.8) is 0 Å². The van der Waals surface area contributed by atoms with Crippen LogP contribution in [0, 0.1) is 25.7 Å². The largest absolute Gasteiger partial charge is 0.478 e. The third-order valence-corrected chi connectivity index (χ3v) is 4.16. The van der Waals surface area contributed by atoms with Crippen molar-refractivity contribution in [1.29, 1.82) is 0 Å². The van der Waals surface area contributed by atoms with Crippen molar-refractivity contribution in [1.82, 2.24) is 0 Å². The fourth-order valence-electron chi connectivity index (χ4n) is 3.05. The molecule has 1 amide bonds. The number of benzene rings is 1. The van der Waals surface area contributed by atoms with Gasteiger partial charge in [-0.05, 0) is 49.8 Å². The lowest BCUT2D eigenvalue weighted by molar-refractivity contribution is -0.120. The molecular weight excluding hydrogens is 254 g/mol. The summed E-state index contributed by atoms with van der Waals surface area (Å²) in [4.78, 5) is 23.7. The number of carboxylic acid groups (broad SMARTS) is 1. The first-order valence-electron chi connectivity index (χ1n) is 7.05. The van der Waals surface area contributed by atoms with E-state index in [-0.39, 0.29) is 17.4 Å². The molecule has 20 heavy (non-hydrogen) atoms. The molecule has 0 aromatic heterocycles. The van der Waals surface area contributed by atoms with Crippen molar-refractivity contribution in [3.05, 3.63) is 28.8 Å². The number of carbonyl (C=O) groups excluding carboxylic acids is 1. The van der Waals surface area contributed by atoms with Gasteiger partial charge in [0.05, 0.1) is 11.3 Å². The number of aryl methyl sites for hydroxylation is 2. The van der Waals surface area contributed by atoms with Crippen LogP contribution < -0.4 is 5.32 Å². The molecule has 1 aromatic carbocycles. The van der Waals surface area contributed by atoms with Crippen LogP contribution in [0.15, 0.2) is 12.1 Å². The van der Waals surface area contributed by atoms with E-state index in [1.54, 1.807) is 6.07 Å². The smallest absolute Gasteiger partial charge is 0.337 e. The van der Waals surface area contributed by atoms with Crippen molar-refractivity contribution in [2.45, 2.75) is 40.0 Å². The van der Waals surface area contributed by atoms with Gasteiger partial charge in [-0.15, -0.1) is 0 Å². The predicted octanol–water partition coefficient (Wildman–Crippen LogP) is 3.38. The molecule has 108 valence electrons. The van der Waals surface area contributed by atoms with Crippen LogP contribution in [-0.4, -0.2) is 17.0 Å². The van der Waals surface area contributed by atoms with Gasteiger partial charge in [-0.1, -0.05) is 19.4 Å². The van der Waals surface area contributed by atoms with Crippen molar-refractivity contribution >= 4 is 17.6 Å². The maximum absolute atomic E-state index is 12.3. The second-order valence-corrected chi connectivity index (χ2v) is 5.81. The van der Waals surface area contributed by atoms with Gasteiger partial charge in [0.1, 0.15) is 0 Å². The van der Waals surface area contributed by atoms with Gasteiger partial charge in [0.25, 0.3) is 0 Å². The van der Waals surface area contributed by atoms with E-state index in [4.69, 9.17) is 0 Å². The number of anilines is 1. The molecule has 1 fully saturated rings. The average molecular weight is 275 g/mol. The summed E-state index contributed by atoms with van der Waals surface area (Å²) >= 11 is 0. The molecule has 0 aliphatic heterocycles. The Balaban J connectivity index is 2.29. The van der Waals surface area contributed by atoms with Crippen LogP contribution in [0.3, 0.4) is 0 Å². The zero-order chi connectivity index (χ0) is 14.9. The van der Waals surface area contributed by atoms with Crippen LogP contribution in [0.1, 0.15) is 47.7 Å². The van der Waals surface area contributed by atoms with Gasteiger partial charge in [0, 0.05) is 5.92 Å². The standard InChI is InChI=1S/C16H21NO3/c1-9-7-11(3)14(13(8-9)16(19)20)17-15(18)12-6-4-5-10(12)2/h7-8,10,12H,4-6H2,1-3H3,(H,17,18)(H,19,20). The fraction of sp³-hybridized carbons (Fsp3) is 0.500. The fourth-order valence-corrected chi connectivity index (χ4v) is 3.05. The normalized spacial score (nSPS) is 21.8. The number of rotatable bonds is 3. The Labute approximate surface area is 119 Å². The number of hydrogen-bond acceptors (Lipinski definition) is 2. The second kappa shape index (κ2) is 5.65. The molecule has 2 unspecified atom stereocenters. The lowest BCUT2D eigenvalue weighted by Crippen LogP contribution is -2.26. The van der Waals surface area contributed by atoms with Gasteiger partial charge in [-0.2, -0.15) is 0 Å². The molecular formula is C16H21NO3. The molecule has 0 radical (unpaired) electrons. The van der Waals surface area contributed by atoms with Gasteiger partial charge in [0.15, 0.2) is 0 Å². The Bertz CT molecular complexity index is 551. The SMILES string of the molecule is Cc1cc(C)c(NC(=O)C2CCCC2C)c(C(=O)O)c1. The third kappa shape index (κ3) is 2.84. The summed E-state index contributed by atoms with van der Waals surface area (Å²) in [6, 6.07) is 3.49. The number of carboxylic acids is 1. The minimum atomic E-state index is -1.01. The second-order valence-electron chi connectivity index (χ2n) is 5.81. The zero-order valence-corrected chi connectivity index (χ0v) is 12.2. The van der Waals surface area contributed by atoms with E-state index in [0.717, 1.165) is 30.4 Å². The highest BCUT2D eigenvalue weighted by Crippen LogP contribution is 2.33. The molecule has 1 aliphatic carbocycles. The lowest BCUT2D eigenvalue weighted by atomic mass is 9.96. The van der Waals surface area contributed by atoms with Crippen LogP contribution in [0.2, 0.25) is 0 Å². The maximum Gasteiger partial charge on any atom is 0.337 e. The number of hydrogen-bond donors (Lipinski definition) is 2. The van der Waals surface area contributed by atoms with Gasteiger partial charge in [-0.3, -0.25) is 4.79 Å². The molecule has 0 spiro atoms. The van der Waals surface area contributed by atoms with E-state index in [1.165, 1.54) is 0 Å². The van der Waals surface area contributed by atoms with Gasteiger partial charge < -0.3 is 10.4 Å². The van der Waals surface area contributed by atoms with Crippen molar-refractivity contribution in [2.24, 2.45) is 11.8 Å². The Hall–Kier alpha value is -1.84. The zero-order valence-electron chi connectivity index (χ0n) is 12.2. The summed E-state index contributed by atoms with van der Waals surface area (Å²) in [6.07, 6.45) is 3.02. The van der Waals surface area contributed by atoms with Gasteiger partial charge in [0.2, 0.25) is 5.91 Å². The first-order chi connectivity index (χ1) is 9.40. The summed E-state index contributed by atoms with van der Waals surface area (Å²) in [5.74, 6) is -0.692. The molecule has 4 nitrogen and oxygen atoms in total. The Morgan fingerprint density at radius 3 is 2.50 bits per heavy atom. The molecule has 2 N–H and O–H groups in total. The summed E-state index contributed by atoms with van der Waals surface area (Å²) in [5, 5.41) is 12.1. The Morgan fingerprint density at radius 2 is 1.95 bits per heavy atom. The highest BCUT2D eigenvalue weighted by atomic mass is 16.4. The maximum atomic E-state index is 12.3. The Kier molecular flexibility index (Phi) is 4.12. The Morgan fingerprint density at radius 1 is 1.25 bits per heavy atom. The minimum absolute atomic E-state index is 0.00246. The molecule has 2 atom stereocenters. The monoisotopic (exact) mass is 275 g/mol. The first kappa shape index (κ1) is 14.6. The van der Waals surface area contributed by atoms with E-state index in [9.17, 15) is 14.7 Å². The molecule has 0 bridgehead atoms. The highest BCUT2D eigenvalue weighted by Gasteiger charge is 2.30. The van der Waals surface area contributed by atoms with E-state index >= 15 is 0 Å². The van der Waals surface area contributed by atoms with Crippen LogP contribution >= 0.6 is 0 Å². The minimum Gasteiger partial charge on any atom is -0.478 e. The summed E-state index contributed by atoms with van der Waals surface area (Å²) in [7, 11) is 0. The lowest BCUT2D eigenvalue weighted by Gasteiger charge is -2.18. The molecule has 4 heteroatoms. The summed E-state index contributed by atoms with van der Waals surface area (Å²) in [5.41, 5.74) is 2.28. The van der Waals surface area contributed by atoms with Crippen molar-refractivity contribution in [3.8, 4) is 0 Å². The van der Waals surface area contributed by atoms with Crippen molar-refractivity contribution in [2.75, 3.05) is 5.32 Å². The van der Waals surface area contributed by atoms with Crippen LogP contribution in [0.5, 0.6) is 0 Å². The summed E-state index contributed by atoms with van der Waals surface area (Å²) < 4.78 is 0. The number of amides is 1. The number of carbonyl (C=O) groups is 2. The van der Waals surface area contributed by atoms with Gasteiger partial charge in [-0.25, -0.2) is 4.79 Å². The molecule has 0 heterocycles. The molecule has 1 aromatic rings. The molecule has 0 saturated heterocycles. The van der Waals surface area contributed by atoms with Crippen LogP contribution in [-0.2, 0) is 4.79 Å². The number of nitrogens with one attached hydrogen (secondary N) is 1. The quantitative estimate of drug-likeness (QED) is 0.888. The molecule has 2 rings (SSSR count). The average Bonchev–Trinajstić information content (AvgIpc) is 2.78. The van der Waals surface area contributed by atoms with Crippen molar-refractivity contribution < 1.29 is 14.7 Å². The molecule has 1 aliphatic rings. The topological polar surface area (TPSA) is 66.4 Å².